The van der Waals surface area contributed by atoms with Crippen LogP contribution in [-0.2, 0) is 10.1 Å². The van der Waals surface area contributed by atoms with Crippen molar-refractivity contribution >= 4 is 10.1 Å². The zero-order valence-electron chi connectivity index (χ0n) is 7.64. The number of hydrogen-bond donors (Lipinski definition) is 0. The van der Waals surface area contributed by atoms with Crippen LogP contribution in [0.15, 0.2) is 0 Å². The Labute approximate surface area is 126 Å². The molecule has 0 aromatic heterocycles. The summed E-state index contributed by atoms with van der Waals surface area (Å²) in [5, 5.41) is -4.63. The molecule has 0 aliphatic heterocycles. The van der Waals surface area contributed by atoms with Crippen LogP contribution in [0.3, 0.4) is 0 Å². The minimum absolute atomic E-state index is 0. The van der Waals surface area contributed by atoms with Crippen LogP contribution >= 0.6 is 0 Å². The van der Waals surface area contributed by atoms with E-state index in [-0.39, 0.29) is 51.4 Å². The topological polar surface area (TPSA) is 57.2 Å². The summed E-state index contributed by atoms with van der Waals surface area (Å²) in [4.78, 5) is 0. The molecule has 3 nitrogen and oxygen atoms in total. The van der Waals surface area contributed by atoms with E-state index in [0.29, 0.717) is 0 Å². The van der Waals surface area contributed by atoms with Gasteiger partial charge in [0.25, 0.3) is 0 Å². The molecule has 86 valence electrons. The van der Waals surface area contributed by atoms with Crippen LogP contribution in [0.1, 0.15) is 19.3 Å². The molecule has 0 N–H and O–H groups in total. The first-order valence-electron chi connectivity index (χ1n) is 3.36. The van der Waals surface area contributed by atoms with E-state index in [4.69, 9.17) is 0 Å². The standard InChI is InChI=1S/C5H7F5O3S.K/c6-4(7,8)2-1-3-5(9,10)14(11,12)13;/h1-3H2,(H,11,12,13);/q;+1/p-1. The fourth-order valence-corrected chi connectivity index (χ4v) is 1.01. The average molecular weight is 280 g/mol. The van der Waals surface area contributed by atoms with Gasteiger partial charge in [-0.3, -0.25) is 0 Å². The molecule has 10 heteroatoms. The van der Waals surface area contributed by atoms with Crippen molar-refractivity contribution in [3.8, 4) is 0 Å². The van der Waals surface area contributed by atoms with Gasteiger partial charge in [0.2, 0.25) is 0 Å². The van der Waals surface area contributed by atoms with Gasteiger partial charge in [0.15, 0.2) is 10.1 Å². The molecule has 0 heterocycles. The predicted molar refractivity (Wildman–Crippen MR) is 34.6 cm³/mol. The van der Waals surface area contributed by atoms with Crippen molar-refractivity contribution in [2.75, 3.05) is 0 Å². The summed E-state index contributed by atoms with van der Waals surface area (Å²) in [6.45, 7) is 0. The maximum Gasteiger partial charge on any atom is 1.00 e. The largest absolute Gasteiger partial charge is 1.00 e. The van der Waals surface area contributed by atoms with Crippen molar-refractivity contribution in [2.45, 2.75) is 30.7 Å². The second-order valence-corrected chi connectivity index (χ2v) is 4.07. The molecule has 0 aliphatic rings. The molecule has 0 fully saturated rings. The molecule has 0 rings (SSSR count). The Morgan fingerprint density at radius 1 is 1.00 bits per heavy atom. The van der Waals surface area contributed by atoms with Crippen LogP contribution in [0.5, 0.6) is 0 Å². The Hall–Kier alpha value is 1.20. The van der Waals surface area contributed by atoms with Crippen LogP contribution in [0.25, 0.3) is 0 Å². The fourth-order valence-electron chi connectivity index (χ4n) is 0.620. The van der Waals surface area contributed by atoms with E-state index in [1.807, 2.05) is 0 Å². The van der Waals surface area contributed by atoms with Crippen LogP contribution in [0.4, 0.5) is 22.0 Å². The summed E-state index contributed by atoms with van der Waals surface area (Å²) in [7, 11) is -5.87. The van der Waals surface area contributed by atoms with E-state index in [2.05, 4.69) is 0 Å². The molecule has 0 spiro atoms. The Morgan fingerprint density at radius 3 is 1.67 bits per heavy atom. The Morgan fingerprint density at radius 2 is 1.40 bits per heavy atom. The van der Waals surface area contributed by atoms with Crippen LogP contribution in [-0.4, -0.2) is 24.4 Å². The van der Waals surface area contributed by atoms with Gasteiger partial charge in [0, 0.05) is 12.8 Å². The van der Waals surface area contributed by atoms with Gasteiger partial charge in [-0.1, -0.05) is 0 Å². The molecule has 0 amide bonds. The molecule has 0 saturated heterocycles. The van der Waals surface area contributed by atoms with Crippen LogP contribution in [0.2, 0.25) is 0 Å². The van der Waals surface area contributed by atoms with Crippen molar-refractivity contribution in [2.24, 2.45) is 0 Å². The van der Waals surface area contributed by atoms with Gasteiger partial charge in [0.05, 0.1) is 0 Å². The molecule has 0 atom stereocenters. The molecule has 0 bridgehead atoms. The number of rotatable bonds is 4. The molecule has 0 saturated carbocycles. The summed E-state index contributed by atoms with van der Waals surface area (Å²) in [6.07, 6.45) is -8.89. The fraction of sp³-hybridized carbons (Fsp3) is 1.00. The monoisotopic (exact) mass is 280 g/mol. The normalized spacial score (nSPS) is 13.5. The molecule has 0 unspecified atom stereocenters. The van der Waals surface area contributed by atoms with E-state index in [9.17, 15) is 34.9 Å². The van der Waals surface area contributed by atoms with Gasteiger partial charge < -0.3 is 4.55 Å². The first-order valence-corrected chi connectivity index (χ1v) is 4.76. The summed E-state index contributed by atoms with van der Waals surface area (Å²) in [6, 6.07) is 0. The van der Waals surface area contributed by atoms with Crippen LogP contribution in [0, 0.1) is 0 Å². The molecular weight excluding hydrogens is 274 g/mol. The van der Waals surface area contributed by atoms with Crippen molar-refractivity contribution in [1.82, 2.24) is 0 Å². The zero-order chi connectivity index (χ0) is 11.6. The third-order valence-corrected chi connectivity index (χ3v) is 2.23. The Bertz CT molecular complexity index is 286. The van der Waals surface area contributed by atoms with Gasteiger partial charge in [-0.05, 0) is 6.42 Å². The van der Waals surface area contributed by atoms with E-state index in [1.54, 1.807) is 0 Å². The summed E-state index contributed by atoms with van der Waals surface area (Å²) in [5.41, 5.74) is 0. The summed E-state index contributed by atoms with van der Waals surface area (Å²) in [5.74, 6) is 0. The second-order valence-electron chi connectivity index (χ2n) is 2.56. The Balaban J connectivity index is 0. The van der Waals surface area contributed by atoms with E-state index < -0.39 is 40.8 Å². The molecule has 0 aliphatic carbocycles. The number of alkyl halides is 5. The van der Waals surface area contributed by atoms with Gasteiger partial charge in [-0.2, -0.15) is 22.0 Å². The minimum Gasteiger partial charge on any atom is -0.743 e. The van der Waals surface area contributed by atoms with E-state index in [0.717, 1.165) is 0 Å². The van der Waals surface area contributed by atoms with Gasteiger partial charge in [-0.25, -0.2) is 8.42 Å². The van der Waals surface area contributed by atoms with Crippen LogP contribution < -0.4 is 51.4 Å². The first-order chi connectivity index (χ1) is 5.96. The molecule has 15 heavy (non-hydrogen) atoms. The van der Waals surface area contributed by atoms with E-state index in [1.165, 1.54) is 0 Å². The van der Waals surface area contributed by atoms with Gasteiger partial charge >= 0.3 is 62.8 Å². The van der Waals surface area contributed by atoms with Crippen molar-refractivity contribution in [3.05, 3.63) is 0 Å². The molecule has 0 aromatic carbocycles. The quantitative estimate of drug-likeness (QED) is 0.372. The number of halogens is 5. The average Bonchev–Trinajstić information content (AvgIpc) is 1.80. The first kappa shape index (κ1) is 18.6. The van der Waals surface area contributed by atoms with Gasteiger partial charge in [-0.15, -0.1) is 0 Å². The maximum absolute atomic E-state index is 12.2. The summed E-state index contributed by atoms with van der Waals surface area (Å²) < 4.78 is 88.3. The molecular formula is C5H6F5KO3S. The molecule has 0 radical (unpaired) electrons. The zero-order valence-corrected chi connectivity index (χ0v) is 11.6. The van der Waals surface area contributed by atoms with Crippen molar-refractivity contribution < 1.29 is 86.3 Å². The number of hydrogen-bond acceptors (Lipinski definition) is 3. The second kappa shape index (κ2) is 6.22. The molecule has 0 aromatic rings. The van der Waals surface area contributed by atoms with Crippen molar-refractivity contribution in [3.63, 3.8) is 0 Å². The third-order valence-electron chi connectivity index (χ3n) is 1.29. The SMILES string of the molecule is O=S(=O)([O-])C(F)(F)CCCC(F)(F)F.[K+]. The van der Waals surface area contributed by atoms with Crippen molar-refractivity contribution in [1.29, 1.82) is 0 Å². The summed E-state index contributed by atoms with van der Waals surface area (Å²) >= 11 is 0. The third kappa shape index (κ3) is 7.99. The Kier molecular flexibility index (Phi) is 7.69. The van der Waals surface area contributed by atoms with Gasteiger partial charge in [0.1, 0.15) is 0 Å². The smallest absolute Gasteiger partial charge is 0.743 e. The maximum atomic E-state index is 12.2. The predicted octanol–water partition coefficient (Wildman–Crippen LogP) is -1.14. The van der Waals surface area contributed by atoms with E-state index >= 15 is 0 Å². The minimum atomic E-state index is -5.87.